The van der Waals surface area contributed by atoms with Gasteiger partial charge in [-0.2, -0.15) is 0 Å². The Morgan fingerprint density at radius 3 is 2.73 bits per heavy atom. The fraction of sp³-hybridized carbons (Fsp3) is 1.00. The number of nitrogens with zero attached hydrogens (tertiary/aromatic N) is 1. The van der Waals surface area contributed by atoms with Gasteiger partial charge in [-0.15, -0.1) is 0 Å². The SMILES string of the molecule is CCC(N)CCN1CCCS(=O)(=O)CC1. The maximum absolute atomic E-state index is 11.4. The molecule has 15 heavy (non-hydrogen) atoms. The van der Waals surface area contributed by atoms with Crippen LogP contribution in [-0.2, 0) is 9.84 Å². The minimum absolute atomic E-state index is 0.255. The van der Waals surface area contributed by atoms with Gasteiger partial charge in [0.05, 0.1) is 11.5 Å². The molecule has 1 fully saturated rings. The summed E-state index contributed by atoms with van der Waals surface area (Å²) < 4.78 is 22.7. The fourth-order valence-electron chi connectivity index (χ4n) is 1.77. The average molecular weight is 234 g/mol. The van der Waals surface area contributed by atoms with Crippen LogP contribution in [0.4, 0.5) is 0 Å². The van der Waals surface area contributed by atoms with Crippen molar-refractivity contribution in [3.8, 4) is 0 Å². The minimum atomic E-state index is -2.77. The number of nitrogens with two attached hydrogens (primary N) is 1. The van der Waals surface area contributed by atoms with Gasteiger partial charge in [0.1, 0.15) is 0 Å². The Balaban J connectivity index is 2.32. The van der Waals surface area contributed by atoms with Gasteiger partial charge < -0.3 is 10.6 Å². The summed E-state index contributed by atoms with van der Waals surface area (Å²) in [4.78, 5) is 2.22. The van der Waals surface area contributed by atoms with Gasteiger partial charge in [0.2, 0.25) is 0 Å². The molecule has 90 valence electrons. The largest absolute Gasteiger partial charge is 0.328 e. The summed E-state index contributed by atoms with van der Waals surface area (Å²) in [7, 11) is -2.77. The summed E-state index contributed by atoms with van der Waals surface area (Å²) in [5.41, 5.74) is 5.84. The van der Waals surface area contributed by atoms with Crippen molar-refractivity contribution in [2.45, 2.75) is 32.2 Å². The first kappa shape index (κ1) is 12.9. The van der Waals surface area contributed by atoms with Crippen LogP contribution >= 0.6 is 0 Å². The molecule has 0 aromatic carbocycles. The van der Waals surface area contributed by atoms with Gasteiger partial charge in [-0.3, -0.25) is 0 Å². The summed E-state index contributed by atoms with van der Waals surface area (Å²) >= 11 is 0. The molecule has 1 aliphatic heterocycles. The first-order valence-corrected chi connectivity index (χ1v) is 7.54. The summed E-state index contributed by atoms with van der Waals surface area (Å²) in [6.07, 6.45) is 2.73. The van der Waals surface area contributed by atoms with Gasteiger partial charge in [0.15, 0.2) is 9.84 Å². The predicted molar refractivity (Wildman–Crippen MR) is 62.6 cm³/mol. The van der Waals surface area contributed by atoms with E-state index in [1.54, 1.807) is 0 Å². The zero-order chi connectivity index (χ0) is 11.3. The molecule has 1 atom stereocenters. The number of hydrogen-bond acceptors (Lipinski definition) is 4. The first-order valence-electron chi connectivity index (χ1n) is 5.72. The Labute approximate surface area is 92.7 Å². The Kier molecular flexibility index (Phi) is 5.02. The maximum atomic E-state index is 11.4. The van der Waals surface area contributed by atoms with E-state index in [0.29, 0.717) is 18.1 Å². The van der Waals surface area contributed by atoms with E-state index in [1.165, 1.54) is 0 Å². The second-order valence-electron chi connectivity index (χ2n) is 4.30. The van der Waals surface area contributed by atoms with Gasteiger partial charge in [-0.05, 0) is 32.4 Å². The molecule has 4 nitrogen and oxygen atoms in total. The molecule has 1 saturated heterocycles. The zero-order valence-electron chi connectivity index (χ0n) is 9.48. The third kappa shape index (κ3) is 4.95. The highest BCUT2D eigenvalue weighted by Crippen LogP contribution is 2.06. The molecule has 1 heterocycles. The van der Waals surface area contributed by atoms with Crippen LogP contribution in [-0.4, -0.2) is 50.5 Å². The second kappa shape index (κ2) is 5.82. The van der Waals surface area contributed by atoms with Crippen LogP contribution in [0.2, 0.25) is 0 Å². The molecule has 0 aromatic heterocycles. The molecule has 0 saturated carbocycles. The van der Waals surface area contributed by atoms with Crippen LogP contribution < -0.4 is 5.73 Å². The second-order valence-corrected chi connectivity index (χ2v) is 6.61. The smallest absolute Gasteiger partial charge is 0.151 e. The van der Waals surface area contributed by atoms with Crippen LogP contribution in [0.3, 0.4) is 0 Å². The van der Waals surface area contributed by atoms with E-state index in [0.717, 1.165) is 32.4 Å². The summed E-state index contributed by atoms with van der Waals surface area (Å²) in [5.74, 6) is 0.664. The van der Waals surface area contributed by atoms with Crippen molar-refractivity contribution in [3.63, 3.8) is 0 Å². The molecule has 1 aliphatic rings. The maximum Gasteiger partial charge on any atom is 0.151 e. The van der Waals surface area contributed by atoms with E-state index < -0.39 is 9.84 Å². The van der Waals surface area contributed by atoms with Crippen molar-refractivity contribution < 1.29 is 8.42 Å². The first-order chi connectivity index (χ1) is 7.03. The lowest BCUT2D eigenvalue weighted by molar-refractivity contribution is 0.281. The molecular weight excluding hydrogens is 212 g/mol. The van der Waals surface area contributed by atoms with Gasteiger partial charge >= 0.3 is 0 Å². The Bertz CT molecular complexity index is 277. The van der Waals surface area contributed by atoms with Crippen molar-refractivity contribution in [2.75, 3.05) is 31.1 Å². The molecule has 0 aliphatic carbocycles. The number of hydrogen-bond donors (Lipinski definition) is 1. The number of rotatable bonds is 4. The standard InChI is InChI=1S/C10H22N2O2S/c1-2-10(11)4-6-12-5-3-8-15(13,14)9-7-12/h10H,2-9,11H2,1H3. The molecular formula is C10H22N2O2S. The monoisotopic (exact) mass is 234 g/mol. The van der Waals surface area contributed by atoms with Crippen LogP contribution in [0.5, 0.6) is 0 Å². The highest BCUT2D eigenvalue weighted by molar-refractivity contribution is 7.91. The Morgan fingerprint density at radius 1 is 1.33 bits per heavy atom. The normalized spacial score (nSPS) is 24.7. The predicted octanol–water partition coefficient (Wildman–Crippen LogP) is 0.234. The summed E-state index contributed by atoms with van der Waals surface area (Å²) in [6.45, 7) is 4.59. The molecule has 0 radical (unpaired) electrons. The molecule has 0 bridgehead atoms. The van der Waals surface area contributed by atoms with Crippen molar-refractivity contribution in [1.82, 2.24) is 4.90 Å². The van der Waals surface area contributed by atoms with Gasteiger partial charge in [0, 0.05) is 12.6 Å². The lowest BCUT2D eigenvalue weighted by atomic mass is 10.1. The van der Waals surface area contributed by atoms with Crippen molar-refractivity contribution in [3.05, 3.63) is 0 Å². The molecule has 1 rings (SSSR count). The van der Waals surface area contributed by atoms with Gasteiger partial charge in [-0.25, -0.2) is 8.42 Å². The van der Waals surface area contributed by atoms with Crippen molar-refractivity contribution in [1.29, 1.82) is 0 Å². The number of sulfone groups is 1. The van der Waals surface area contributed by atoms with E-state index in [9.17, 15) is 8.42 Å². The van der Waals surface area contributed by atoms with Crippen LogP contribution in [0.15, 0.2) is 0 Å². The van der Waals surface area contributed by atoms with Crippen LogP contribution in [0, 0.1) is 0 Å². The topological polar surface area (TPSA) is 63.4 Å². The molecule has 0 aromatic rings. The summed E-state index contributed by atoms with van der Waals surface area (Å²) in [5, 5.41) is 0. The van der Waals surface area contributed by atoms with E-state index in [-0.39, 0.29) is 6.04 Å². The van der Waals surface area contributed by atoms with Crippen molar-refractivity contribution in [2.24, 2.45) is 5.73 Å². The lowest BCUT2D eigenvalue weighted by Gasteiger charge is -2.20. The van der Waals surface area contributed by atoms with Gasteiger partial charge in [0.25, 0.3) is 0 Å². The lowest BCUT2D eigenvalue weighted by Crippen LogP contribution is -2.32. The van der Waals surface area contributed by atoms with E-state index in [1.807, 2.05) is 0 Å². The minimum Gasteiger partial charge on any atom is -0.328 e. The highest BCUT2D eigenvalue weighted by Gasteiger charge is 2.18. The zero-order valence-corrected chi connectivity index (χ0v) is 10.3. The van der Waals surface area contributed by atoms with E-state index in [4.69, 9.17) is 5.73 Å². The Morgan fingerprint density at radius 2 is 2.07 bits per heavy atom. The third-order valence-electron chi connectivity index (χ3n) is 2.99. The molecule has 1 unspecified atom stereocenters. The molecule has 2 N–H and O–H groups in total. The van der Waals surface area contributed by atoms with E-state index >= 15 is 0 Å². The van der Waals surface area contributed by atoms with Gasteiger partial charge in [-0.1, -0.05) is 6.92 Å². The average Bonchev–Trinajstić information content (AvgIpc) is 2.36. The molecule has 0 amide bonds. The third-order valence-corrected chi connectivity index (χ3v) is 4.70. The fourth-order valence-corrected chi connectivity index (χ4v) is 3.08. The molecule has 5 heteroatoms. The Hall–Kier alpha value is -0.130. The molecule has 0 spiro atoms. The summed E-state index contributed by atoms with van der Waals surface area (Å²) in [6, 6.07) is 0.255. The van der Waals surface area contributed by atoms with Crippen LogP contribution in [0.25, 0.3) is 0 Å². The van der Waals surface area contributed by atoms with Crippen LogP contribution in [0.1, 0.15) is 26.2 Å². The quantitative estimate of drug-likeness (QED) is 0.756. The van der Waals surface area contributed by atoms with Crippen molar-refractivity contribution >= 4 is 9.84 Å². The highest BCUT2D eigenvalue weighted by atomic mass is 32.2. The van der Waals surface area contributed by atoms with E-state index in [2.05, 4.69) is 11.8 Å².